The topological polar surface area (TPSA) is 33.2 Å². The molecule has 1 aromatic heterocycles. The van der Waals surface area contributed by atoms with Gasteiger partial charge in [0.15, 0.2) is 0 Å². The minimum Gasteiger partial charge on any atom is -0.369 e. The van der Waals surface area contributed by atoms with Crippen LogP contribution in [0.25, 0.3) is 0 Å². The molecule has 0 aromatic carbocycles. The van der Waals surface area contributed by atoms with Gasteiger partial charge in [-0.05, 0) is 19.1 Å². The molecule has 2 rings (SSSR count). The lowest BCUT2D eigenvalue weighted by molar-refractivity contribution is -0.119. The van der Waals surface area contributed by atoms with E-state index < -0.39 is 0 Å². The lowest BCUT2D eigenvalue weighted by Crippen LogP contribution is -2.33. The number of piperidine rings is 1. The van der Waals surface area contributed by atoms with Crippen LogP contribution in [0, 0.1) is 6.92 Å². The van der Waals surface area contributed by atoms with Crippen LogP contribution in [0.5, 0.6) is 0 Å². The second-order valence-corrected chi connectivity index (χ2v) is 3.68. The van der Waals surface area contributed by atoms with Gasteiger partial charge in [-0.1, -0.05) is 0 Å². The summed E-state index contributed by atoms with van der Waals surface area (Å²) in [7, 11) is 0. The Kier molecular flexibility index (Phi) is 2.48. The van der Waals surface area contributed by atoms with Crippen molar-refractivity contribution < 1.29 is 4.79 Å². The molecular weight excluding hydrogens is 176 g/mol. The third-order valence-corrected chi connectivity index (χ3v) is 2.58. The first-order chi connectivity index (χ1) is 6.75. The van der Waals surface area contributed by atoms with Crippen LogP contribution < -0.4 is 4.90 Å². The van der Waals surface area contributed by atoms with Crippen LogP contribution in [-0.4, -0.2) is 23.9 Å². The standard InChI is InChI=1S/C11H14N2O/c1-9-2-3-10(8-12-9)13-6-4-11(14)5-7-13/h2-3,8H,4-7H2,1H3. The highest BCUT2D eigenvalue weighted by Crippen LogP contribution is 2.17. The van der Waals surface area contributed by atoms with Gasteiger partial charge in [0.2, 0.25) is 0 Å². The number of anilines is 1. The summed E-state index contributed by atoms with van der Waals surface area (Å²) >= 11 is 0. The van der Waals surface area contributed by atoms with Crippen molar-refractivity contribution in [3.8, 4) is 0 Å². The van der Waals surface area contributed by atoms with Gasteiger partial charge in [-0.15, -0.1) is 0 Å². The van der Waals surface area contributed by atoms with Crippen molar-refractivity contribution in [2.24, 2.45) is 0 Å². The number of carbonyl (C=O) groups is 1. The van der Waals surface area contributed by atoms with Gasteiger partial charge in [-0.25, -0.2) is 0 Å². The second kappa shape index (κ2) is 3.78. The molecule has 0 amide bonds. The van der Waals surface area contributed by atoms with Gasteiger partial charge in [0.05, 0.1) is 11.9 Å². The summed E-state index contributed by atoms with van der Waals surface area (Å²) in [6, 6.07) is 4.07. The minimum atomic E-state index is 0.376. The first-order valence-corrected chi connectivity index (χ1v) is 4.95. The van der Waals surface area contributed by atoms with Crippen LogP contribution in [-0.2, 0) is 4.79 Å². The van der Waals surface area contributed by atoms with Crippen molar-refractivity contribution in [3.63, 3.8) is 0 Å². The molecule has 74 valence electrons. The highest BCUT2D eigenvalue weighted by atomic mass is 16.1. The van der Waals surface area contributed by atoms with E-state index in [0.717, 1.165) is 24.5 Å². The monoisotopic (exact) mass is 190 g/mol. The van der Waals surface area contributed by atoms with Crippen LogP contribution in [0.2, 0.25) is 0 Å². The number of pyridine rings is 1. The number of hydrogen-bond acceptors (Lipinski definition) is 3. The Labute approximate surface area is 83.8 Å². The molecule has 1 aliphatic rings. The zero-order valence-electron chi connectivity index (χ0n) is 8.36. The number of ketones is 1. The average Bonchev–Trinajstić information content (AvgIpc) is 2.21. The predicted molar refractivity (Wildman–Crippen MR) is 55.4 cm³/mol. The number of carbonyl (C=O) groups excluding carboxylic acids is 1. The normalized spacial score (nSPS) is 17.2. The molecule has 14 heavy (non-hydrogen) atoms. The lowest BCUT2D eigenvalue weighted by atomic mass is 10.1. The van der Waals surface area contributed by atoms with Crippen molar-refractivity contribution in [2.75, 3.05) is 18.0 Å². The largest absolute Gasteiger partial charge is 0.369 e. The fraction of sp³-hybridized carbons (Fsp3) is 0.455. The summed E-state index contributed by atoms with van der Waals surface area (Å²) in [5.74, 6) is 0.376. The van der Waals surface area contributed by atoms with Gasteiger partial charge in [-0.2, -0.15) is 0 Å². The number of hydrogen-bond donors (Lipinski definition) is 0. The van der Waals surface area contributed by atoms with Crippen LogP contribution in [0.1, 0.15) is 18.5 Å². The van der Waals surface area contributed by atoms with Crippen LogP contribution >= 0.6 is 0 Å². The van der Waals surface area contributed by atoms with Crippen LogP contribution in [0.4, 0.5) is 5.69 Å². The summed E-state index contributed by atoms with van der Waals surface area (Å²) in [5, 5.41) is 0. The first kappa shape index (κ1) is 9.19. The van der Waals surface area contributed by atoms with E-state index in [1.807, 2.05) is 19.2 Å². The van der Waals surface area contributed by atoms with Crippen LogP contribution in [0.3, 0.4) is 0 Å². The summed E-state index contributed by atoms with van der Waals surface area (Å²) in [4.78, 5) is 17.5. The number of nitrogens with zero attached hydrogens (tertiary/aromatic N) is 2. The molecule has 0 unspecified atom stereocenters. The average molecular weight is 190 g/mol. The molecule has 1 fully saturated rings. The van der Waals surface area contributed by atoms with E-state index in [0.29, 0.717) is 18.6 Å². The Bertz CT molecular complexity index is 322. The molecule has 0 radical (unpaired) electrons. The Balaban J connectivity index is 2.08. The predicted octanol–water partition coefficient (Wildman–Crippen LogP) is 1.56. The molecule has 0 saturated carbocycles. The zero-order chi connectivity index (χ0) is 9.97. The molecule has 3 nitrogen and oxygen atoms in total. The molecule has 3 heteroatoms. The molecule has 2 heterocycles. The van der Waals surface area contributed by atoms with E-state index >= 15 is 0 Å². The zero-order valence-corrected chi connectivity index (χ0v) is 8.36. The van der Waals surface area contributed by atoms with Gasteiger partial charge in [0.25, 0.3) is 0 Å². The van der Waals surface area contributed by atoms with E-state index in [4.69, 9.17) is 0 Å². The van der Waals surface area contributed by atoms with Crippen molar-refractivity contribution in [1.29, 1.82) is 0 Å². The van der Waals surface area contributed by atoms with E-state index in [-0.39, 0.29) is 0 Å². The summed E-state index contributed by atoms with van der Waals surface area (Å²) < 4.78 is 0. The molecule has 1 aliphatic heterocycles. The summed E-state index contributed by atoms with van der Waals surface area (Å²) in [5.41, 5.74) is 2.16. The lowest BCUT2D eigenvalue weighted by Gasteiger charge is -2.27. The maximum absolute atomic E-state index is 11.1. The van der Waals surface area contributed by atoms with Crippen molar-refractivity contribution in [2.45, 2.75) is 19.8 Å². The van der Waals surface area contributed by atoms with E-state index in [1.54, 1.807) is 0 Å². The molecule has 0 spiro atoms. The van der Waals surface area contributed by atoms with E-state index in [1.165, 1.54) is 0 Å². The van der Waals surface area contributed by atoms with Crippen LogP contribution in [0.15, 0.2) is 18.3 Å². The molecule has 0 N–H and O–H groups in total. The van der Waals surface area contributed by atoms with Gasteiger partial charge in [0.1, 0.15) is 5.78 Å². The first-order valence-electron chi connectivity index (χ1n) is 4.95. The quantitative estimate of drug-likeness (QED) is 0.673. The Morgan fingerprint density at radius 3 is 2.57 bits per heavy atom. The number of Topliss-reactive ketones (excluding diaryl/α,β-unsaturated/α-hetero) is 1. The number of aromatic nitrogens is 1. The molecular formula is C11H14N2O. The fourth-order valence-corrected chi connectivity index (χ4v) is 1.66. The Hall–Kier alpha value is -1.38. The third-order valence-electron chi connectivity index (χ3n) is 2.58. The maximum atomic E-state index is 11.1. The molecule has 1 saturated heterocycles. The maximum Gasteiger partial charge on any atom is 0.136 e. The van der Waals surface area contributed by atoms with E-state index in [2.05, 4.69) is 16.0 Å². The van der Waals surface area contributed by atoms with Gasteiger partial charge in [0, 0.05) is 31.6 Å². The SMILES string of the molecule is Cc1ccc(N2CCC(=O)CC2)cn1. The highest BCUT2D eigenvalue weighted by molar-refractivity contribution is 5.80. The van der Waals surface area contributed by atoms with Crippen molar-refractivity contribution >= 4 is 11.5 Å². The number of rotatable bonds is 1. The van der Waals surface area contributed by atoms with Gasteiger partial charge in [-0.3, -0.25) is 9.78 Å². The number of aryl methyl sites for hydroxylation is 1. The van der Waals surface area contributed by atoms with E-state index in [9.17, 15) is 4.79 Å². The second-order valence-electron chi connectivity index (χ2n) is 3.68. The molecule has 1 aromatic rings. The minimum absolute atomic E-state index is 0.376. The highest BCUT2D eigenvalue weighted by Gasteiger charge is 2.16. The van der Waals surface area contributed by atoms with Crippen molar-refractivity contribution in [3.05, 3.63) is 24.0 Å². The third kappa shape index (κ3) is 1.92. The fourth-order valence-electron chi connectivity index (χ4n) is 1.66. The Morgan fingerprint density at radius 2 is 2.00 bits per heavy atom. The summed E-state index contributed by atoms with van der Waals surface area (Å²) in [6.45, 7) is 3.65. The van der Waals surface area contributed by atoms with Gasteiger partial charge >= 0.3 is 0 Å². The molecule has 0 atom stereocenters. The Morgan fingerprint density at radius 1 is 1.29 bits per heavy atom. The molecule has 0 aliphatic carbocycles. The molecule has 0 bridgehead atoms. The van der Waals surface area contributed by atoms with Gasteiger partial charge < -0.3 is 4.90 Å². The summed E-state index contributed by atoms with van der Waals surface area (Å²) in [6.07, 6.45) is 3.23. The van der Waals surface area contributed by atoms with Crippen molar-refractivity contribution in [1.82, 2.24) is 4.98 Å². The smallest absolute Gasteiger partial charge is 0.136 e.